The number of hydrogen-bond donors (Lipinski definition) is 0. The van der Waals surface area contributed by atoms with Crippen LogP contribution in [-0.4, -0.2) is 37.2 Å². The molecule has 0 amide bonds. The van der Waals surface area contributed by atoms with Gasteiger partial charge in [-0.05, 0) is 83.5 Å². The van der Waals surface area contributed by atoms with Crippen LogP contribution in [-0.2, 0) is 28.6 Å². The molecule has 6 heteroatoms. The highest BCUT2D eigenvalue weighted by molar-refractivity contribution is 5.71. The Kier molecular flexibility index (Phi) is 51.5. The smallest absolute Gasteiger partial charge is 0.306 e. The van der Waals surface area contributed by atoms with Gasteiger partial charge in [0, 0.05) is 19.3 Å². The topological polar surface area (TPSA) is 78.9 Å². The lowest BCUT2D eigenvalue weighted by Crippen LogP contribution is -2.30. The second-order valence-corrected chi connectivity index (χ2v) is 17.8. The number of carbonyl (C=O) groups excluding carboxylic acids is 3. The molecule has 0 saturated heterocycles. The molecule has 1 atom stereocenters. The van der Waals surface area contributed by atoms with E-state index in [-0.39, 0.29) is 37.5 Å². The number of ether oxygens (including phenoxy) is 3. The van der Waals surface area contributed by atoms with Gasteiger partial charge in [0.25, 0.3) is 0 Å². The van der Waals surface area contributed by atoms with E-state index in [1.54, 1.807) is 0 Å². The van der Waals surface area contributed by atoms with Gasteiger partial charge in [0.05, 0.1) is 0 Å². The normalized spacial score (nSPS) is 12.9. The predicted octanol–water partition coefficient (Wildman–Crippen LogP) is 18.3. The summed E-state index contributed by atoms with van der Waals surface area (Å²) in [7, 11) is 0. The summed E-state index contributed by atoms with van der Waals surface area (Å²) in [4.78, 5) is 37.8. The zero-order valence-electron chi connectivity index (χ0n) is 43.4. The highest BCUT2D eigenvalue weighted by Gasteiger charge is 2.19. The van der Waals surface area contributed by atoms with Crippen LogP contribution in [0, 0.1) is 0 Å². The first-order chi connectivity index (χ1) is 33.0. The molecule has 0 aromatic rings. The van der Waals surface area contributed by atoms with E-state index in [4.69, 9.17) is 14.2 Å². The second-order valence-electron chi connectivity index (χ2n) is 17.8. The zero-order chi connectivity index (χ0) is 48.6. The Bertz CT molecular complexity index is 1390. The molecule has 0 aliphatic carbocycles. The van der Waals surface area contributed by atoms with E-state index < -0.39 is 6.10 Å². The number of rotatable bonds is 48. The van der Waals surface area contributed by atoms with Crippen molar-refractivity contribution in [1.29, 1.82) is 0 Å². The van der Waals surface area contributed by atoms with Crippen molar-refractivity contribution in [2.75, 3.05) is 13.2 Å². The fourth-order valence-corrected chi connectivity index (χ4v) is 7.21. The van der Waals surface area contributed by atoms with Gasteiger partial charge in [-0.2, -0.15) is 0 Å². The van der Waals surface area contributed by atoms with Crippen LogP contribution in [0.3, 0.4) is 0 Å². The molecule has 0 spiro atoms. The number of allylic oxidation sites excluding steroid dienone is 18. The molecule has 0 bridgehead atoms. The number of hydrogen-bond acceptors (Lipinski definition) is 6. The van der Waals surface area contributed by atoms with E-state index in [1.165, 1.54) is 89.9 Å². The maximum absolute atomic E-state index is 12.7. The summed E-state index contributed by atoms with van der Waals surface area (Å²) in [6.45, 7) is 6.44. The molecule has 1 unspecified atom stereocenters. The third-order valence-corrected chi connectivity index (χ3v) is 11.3. The predicted molar refractivity (Wildman–Crippen MR) is 288 cm³/mol. The maximum atomic E-state index is 12.7. The standard InChI is InChI=1S/C61H100O6/c1-4-7-10-13-16-19-22-23-24-25-26-27-28-29-30-31-32-33-34-35-36-37-38-39-40-43-45-48-51-54-60(63)66-57-58(67-61(64)55-52-49-46-42-21-18-15-12-9-6-3)56-65-59(62)53-50-47-44-41-20-17-14-11-8-5-2/h7,10,16,19,23-24,26-27,29-30,32-33,35-36,38-39,43,45,58H,4-6,8-9,11-15,17-18,20-22,25,28,31,34,37,40-42,44,46-57H2,1-3H3/b10-7-,19-16-,24-23-,27-26-,30-29-,33-32-,36-35-,39-38-,45-43-. The molecule has 0 aliphatic heterocycles. The van der Waals surface area contributed by atoms with Crippen molar-refractivity contribution >= 4 is 17.9 Å². The fourth-order valence-electron chi connectivity index (χ4n) is 7.21. The van der Waals surface area contributed by atoms with Gasteiger partial charge in [-0.25, -0.2) is 0 Å². The largest absolute Gasteiger partial charge is 0.462 e. The molecule has 0 fully saturated rings. The molecule has 0 N–H and O–H groups in total. The first-order valence-electron chi connectivity index (χ1n) is 27.4. The fraction of sp³-hybridized carbons (Fsp3) is 0.656. The third kappa shape index (κ3) is 52.9. The van der Waals surface area contributed by atoms with Crippen LogP contribution in [0.15, 0.2) is 109 Å². The van der Waals surface area contributed by atoms with Crippen LogP contribution in [0.25, 0.3) is 0 Å². The Morgan fingerprint density at radius 3 is 0.910 bits per heavy atom. The van der Waals surface area contributed by atoms with Gasteiger partial charge in [0.15, 0.2) is 6.10 Å². The monoisotopic (exact) mass is 929 g/mol. The highest BCUT2D eigenvalue weighted by Crippen LogP contribution is 2.14. The summed E-state index contributed by atoms with van der Waals surface area (Å²) in [6, 6.07) is 0. The van der Waals surface area contributed by atoms with Gasteiger partial charge in [0.2, 0.25) is 0 Å². The van der Waals surface area contributed by atoms with Crippen LogP contribution in [0.1, 0.15) is 239 Å². The summed E-state index contributed by atoms with van der Waals surface area (Å²) in [5.74, 6) is -0.962. The molecule has 0 aliphatic rings. The molecule has 67 heavy (non-hydrogen) atoms. The van der Waals surface area contributed by atoms with E-state index in [9.17, 15) is 14.4 Å². The molecule has 0 aromatic heterocycles. The summed E-state index contributed by atoms with van der Waals surface area (Å²) < 4.78 is 16.7. The van der Waals surface area contributed by atoms with E-state index in [1.807, 2.05) is 0 Å². The van der Waals surface area contributed by atoms with Crippen molar-refractivity contribution < 1.29 is 28.6 Å². The van der Waals surface area contributed by atoms with Crippen molar-refractivity contribution in [1.82, 2.24) is 0 Å². The molecular formula is C61H100O6. The van der Waals surface area contributed by atoms with Gasteiger partial charge in [-0.3, -0.25) is 14.4 Å². The van der Waals surface area contributed by atoms with Crippen molar-refractivity contribution in [3.63, 3.8) is 0 Å². The average molecular weight is 929 g/mol. The van der Waals surface area contributed by atoms with Crippen LogP contribution >= 0.6 is 0 Å². The average Bonchev–Trinajstić information content (AvgIpc) is 3.33. The maximum Gasteiger partial charge on any atom is 0.306 e. The van der Waals surface area contributed by atoms with E-state index >= 15 is 0 Å². The zero-order valence-corrected chi connectivity index (χ0v) is 43.4. The Morgan fingerprint density at radius 2 is 0.582 bits per heavy atom. The molecular weight excluding hydrogens is 829 g/mol. The van der Waals surface area contributed by atoms with Crippen LogP contribution in [0.2, 0.25) is 0 Å². The number of carbonyl (C=O) groups is 3. The minimum Gasteiger partial charge on any atom is -0.462 e. The van der Waals surface area contributed by atoms with Gasteiger partial charge < -0.3 is 14.2 Å². The molecule has 0 radical (unpaired) electrons. The highest BCUT2D eigenvalue weighted by atomic mass is 16.6. The van der Waals surface area contributed by atoms with Gasteiger partial charge in [-0.15, -0.1) is 0 Å². The molecule has 0 saturated carbocycles. The van der Waals surface area contributed by atoms with Crippen LogP contribution in [0.4, 0.5) is 0 Å². The van der Waals surface area contributed by atoms with Crippen molar-refractivity contribution in [3.8, 4) is 0 Å². The quantitative estimate of drug-likeness (QED) is 0.0262. The first-order valence-corrected chi connectivity index (χ1v) is 27.4. The van der Waals surface area contributed by atoms with Gasteiger partial charge in [0.1, 0.15) is 13.2 Å². The minimum absolute atomic E-state index is 0.0941. The number of esters is 3. The Morgan fingerprint density at radius 1 is 0.313 bits per heavy atom. The first kappa shape index (κ1) is 63.1. The van der Waals surface area contributed by atoms with E-state index in [2.05, 4.69) is 130 Å². The summed E-state index contributed by atoms with van der Waals surface area (Å²) in [6.07, 6.45) is 73.8. The summed E-state index contributed by atoms with van der Waals surface area (Å²) in [5, 5.41) is 0. The Balaban J connectivity index is 4.32. The van der Waals surface area contributed by atoms with E-state index in [0.29, 0.717) is 19.3 Å². The minimum atomic E-state index is -0.797. The number of unbranched alkanes of at least 4 members (excludes halogenated alkanes) is 19. The lowest BCUT2D eigenvalue weighted by atomic mass is 10.1. The SMILES string of the molecule is CC/C=C\C/C=C\C/C=C\C/C=C\C/C=C\C/C=C\C/C=C\C/C=C\C/C=C\CCCC(=O)OCC(COC(=O)CCCCCCCCCCCC)OC(=O)CCCCCCCCCCCC. The third-order valence-electron chi connectivity index (χ3n) is 11.3. The van der Waals surface area contributed by atoms with Gasteiger partial charge in [-0.1, -0.05) is 246 Å². The van der Waals surface area contributed by atoms with E-state index in [0.717, 1.165) is 103 Å². The molecule has 6 nitrogen and oxygen atoms in total. The summed E-state index contributed by atoms with van der Waals surface area (Å²) >= 11 is 0. The van der Waals surface area contributed by atoms with Crippen molar-refractivity contribution in [3.05, 3.63) is 109 Å². The van der Waals surface area contributed by atoms with Crippen molar-refractivity contribution in [2.45, 2.75) is 245 Å². The Hall–Kier alpha value is -3.93. The van der Waals surface area contributed by atoms with Crippen LogP contribution in [0.5, 0.6) is 0 Å². The second kappa shape index (κ2) is 54.7. The molecule has 0 rings (SSSR count). The molecule has 380 valence electrons. The van der Waals surface area contributed by atoms with Gasteiger partial charge >= 0.3 is 17.9 Å². The summed E-state index contributed by atoms with van der Waals surface area (Å²) in [5.41, 5.74) is 0. The van der Waals surface area contributed by atoms with Crippen molar-refractivity contribution in [2.24, 2.45) is 0 Å². The Labute approximate surface area is 412 Å². The molecule has 0 aromatic carbocycles. The lowest BCUT2D eigenvalue weighted by Gasteiger charge is -2.18. The van der Waals surface area contributed by atoms with Crippen LogP contribution < -0.4 is 0 Å². The lowest BCUT2D eigenvalue weighted by molar-refractivity contribution is -0.167. The molecule has 0 heterocycles.